The SMILES string of the molecule is Cc1nc(NCc2cccc(C(C)(F)F)c2F)c2cn(C3(CF)CC3)c(=O)c(F)c2n1. The van der Waals surface area contributed by atoms with E-state index in [4.69, 9.17) is 0 Å². The average Bonchev–Trinajstić information content (AvgIpc) is 3.50. The van der Waals surface area contributed by atoms with E-state index in [2.05, 4.69) is 15.3 Å². The molecule has 31 heavy (non-hydrogen) atoms. The Morgan fingerprint density at radius 2 is 1.90 bits per heavy atom. The van der Waals surface area contributed by atoms with Crippen molar-refractivity contribution in [2.45, 2.75) is 44.7 Å². The molecular weight excluding hydrogens is 419 g/mol. The van der Waals surface area contributed by atoms with Crippen molar-refractivity contribution in [1.82, 2.24) is 14.5 Å². The molecule has 0 aliphatic heterocycles. The van der Waals surface area contributed by atoms with Gasteiger partial charge in [-0.1, -0.05) is 18.2 Å². The largest absolute Gasteiger partial charge is 0.365 e. The van der Waals surface area contributed by atoms with Crippen molar-refractivity contribution in [3.8, 4) is 0 Å². The molecule has 4 rings (SSSR count). The molecule has 1 saturated carbocycles. The van der Waals surface area contributed by atoms with Gasteiger partial charge in [-0.05, 0) is 19.8 Å². The van der Waals surface area contributed by atoms with Gasteiger partial charge in [0, 0.05) is 25.2 Å². The van der Waals surface area contributed by atoms with Gasteiger partial charge in [-0.15, -0.1) is 0 Å². The smallest absolute Gasteiger partial charge is 0.289 e. The number of halogens is 5. The van der Waals surface area contributed by atoms with Gasteiger partial charge in [0.1, 0.15) is 29.7 Å². The molecule has 0 atom stereocenters. The van der Waals surface area contributed by atoms with Crippen LogP contribution in [-0.2, 0) is 18.0 Å². The van der Waals surface area contributed by atoms with E-state index in [-0.39, 0.29) is 34.7 Å². The zero-order valence-corrected chi connectivity index (χ0v) is 16.8. The fraction of sp³-hybridized carbons (Fsp3) is 0.381. The van der Waals surface area contributed by atoms with Crippen molar-refractivity contribution in [2.24, 2.45) is 0 Å². The Morgan fingerprint density at radius 1 is 1.19 bits per heavy atom. The molecule has 0 bridgehead atoms. The van der Waals surface area contributed by atoms with Crippen LogP contribution in [0.1, 0.15) is 36.7 Å². The molecule has 0 spiro atoms. The molecule has 0 amide bonds. The van der Waals surface area contributed by atoms with Crippen LogP contribution in [0.2, 0.25) is 0 Å². The number of nitrogens with zero attached hydrogens (tertiary/aromatic N) is 3. The predicted octanol–water partition coefficient (Wildman–Crippen LogP) is 4.56. The highest BCUT2D eigenvalue weighted by Gasteiger charge is 2.46. The standard InChI is InChI=1S/C21H19F5N4O/c1-11-28-17-13(9-30(19(31)16(17)24)21(10-22)6-7-21)18(29-11)27-8-12-4-3-5-14(15(12)23)20(2,25)26/h3-5,9H,6-8,10H2,1-2H3,(H,27,28,29). The van der Waals surface area contributed by atoms with E-state index in [0.29, 0.717) is 19.8 Å². The molecule has 5 nitrogen and oxygen atoms in total. The molecule has 1 aliphatic rings. The monoisotopic (exact) mass is 438 g/mol. The predicted molar refractivity (Wildman–Crippen MR) is 105 cm³/mol. The number of alkyl halides is 3. The molecule has 3 aromatic rings. The van der Waals surface area contributed by atoms with Crippen molar-refractivity contribution >= 4 is 16.7 Å². The van der Waals surface area contributed by atoms with E-state index < -0.39 is 40.9 Å². The van der Waals surface area contributed by atoms with Gasteiger partial charge < -0.3 is 9.88 Å². The first kappa shape index (κ1) is 21.2. The highest BCUT2D eigenvalue weighted by Crippen LogP contribution is 2.43. The quantitative estimate of drug-likeness (QED) is 0.574. The van der Waals surface area contributed by atoms with Gasteiger partial charge in [-0.3, -0.25) is 4.79 Å². The van der Waals surface area contributed by atoms with Gasteiger partial charge in [-0.25, -0.2) is 27.5 Å². The second kappa shape index (κ2) is 7.28. The number of nitrogens with one attached hydrogen (secondary N) is 1. The summed E-state index contributed by atoms with van der Waals surface area (Å²) in [5.74, 6) is -5.33. The normalized spacial score (nSPS) is 15.3. The van der Waals surface area contributed by atoms with E-state index in [1.54, 1.807) is 0 Å². The van der Waals surface area contributed by atoms with E-state index in [1.165, 1.54) is 25.3 Å². The third-order valence-corrected chi connectivity index (χ3v) is 5.51. The lowest BCUT2D eigenvalue weighted by molar-refractivity contribution is 0.0136. The van der Waals surface area contributed by atoms with Crippen molar-refractivity contribution < 1.29 is 22.0 Å². The number of pyridine rings is 1. The Morgan fingerprint density at radius 3 is 2.52 bits per heavy atom. The lowest BCUT2D eigenvalue weighted by Gasteiger charge is -2.18. The van der Waals surface area contributed by atoms with Crippen LogP contribution in [0, 0.1) is 18.6 Å². The molecule has 1 aliphatic carbocycles. The van der Waals surface area contributed by atoms with Gasteiger partial charge in [0.2, 0.25) is 5.82 Å². The van der Waals surface area contributed by atoms with Crippen LogP contribution < -0.4 is 10.9 Å². The van der Waals surface area contributed by atoms with Crippen LogP contribution in [0.25, 0.3) is 10.9 Å². The minimum atomic E-state index is -3.36. The average molecular weight is 438 g/mol. The molecule has 1 N–H and O–H groups in total. The van der Waals surface area contributed by atoms with Gasteiger partial charge in [0.25, 0.3) is 11.5 Å². The van der Waals surface area contributed by atoms with Gasteiger partial charge in [0.05, 0.1) is 16.5 Å². The molecular formula is C21H19F5N4O. The van der Waals surface area contributed by atoms with Crippen LogP contribution in [0.5, 0.6) is 0 Å². The molecule has 2 aromatic heterocycles. The van der Waals surface area contributed by atoms with Crippen LogP contribution in [0.3, 0.4) is 0 Å². The van der Waals surface area contributed by atoms with Gasteiger partial charge >= 0.3 is 0 Å². The topological polar surface area (TPSA) is 59.8 Å². The first-order valence-electron chi connectivity index (χ1n) is 9.63. The third-order valence-electron chi connectivity index (χ3n) is 5.51. The summed E-state index contributed by atoms with van der Waals surface area (Å²) in [5, 5.41) is 2.93. The third kappa shape index (κ3) is 3.64. The Balaban J connectivity index is 1.78. The van der Waals surface area contributed by atoms with Crippen molar-refractivity contribution in [1.29, 1.82) is 0 Å². The summed E-state index contributed by atoms with van der Waals surface area (Å²) in [7, 11) is 0. The Kier molecular flexibility index (Phi) is 4.98. The van der Waals surface area contributed by atoms with Crippen molar-refractivity contribution in [2.75, 3.05) is 12.0 Å². The van der Waals surface area contributed by atoms with E-state index >= 15 is 0 Å². The second-order valence-corrected chi connectivity index (χ2v) is 7.88. The zero-order valence-electron chi connectivity index (χ0n) is 16.8. The summed E-state index contributed by atoms with van der Waals surface area (Å²) in [6.45, 7) is 1.04. The van der Waals surface area contributed by atoms with Crippen molar-refractivity contribution in [3.63, 3.8) is 0 Å². The molecule has 10 heteroatoms. The van der Waals surface area contributed by atoms with E-state index in [9.17, 15) is 26.7 Å². The van der Waals surface area contributed by atoms with Gasteiger partial charge in [0.15, 0.2) is 0 Å². The zero-order chi connectivity index (χ0) is 22.6. The second-order valence-electron chi connectivity index (χ2n) is 7.88. The first-order chi connectivity index (χ1) is 14.6. The number of rotatable bonds is 6. The maximum Gasteiger partial charge on any atom is 0.289 e. The number of hydrogen-bond acceptors (Lipinski definition) is 4. The summed E-state index contributed by atoms with van der Waals surface area (Å²) in [6.07, 6.45) is 2.09. The minimum absolute atomic E-state index is 0.0420. The lowest BCUT2D eigenvalue weighted by atomic mass is 10.0. The fourth-order valence-electron chi connectivity index (χ4n) is 3.57. The minimum Gasteiger partial charge on any atom is -0.365 e. The summed E-state index contributed by atoms with van der Waals surface area (Å²) >= 11 is 0. The highest BCUT2D eigenvalue weighted by molar-refractivity contribution is 5.88. The summed E-state index contributed by atoms with van der Waals surface area (Å²) in [4.78, 5) is 20.6. The van der Waals surface area contributed by atoms with Crippen LogP contribution in [0.4, 0.5) is 27.8 Å². The first-order valence-corrected chi connectivity index (χ1v) is 9.63. The maximum atomic E-state index is 14.8. The lowest BCUT2D eigenvalue weighted by Crippen LogP contribution is -2.33. The molecule has 0 radical (unpaired) electrons. The molecule has 2 heterocycles. The van der Waals surface area contributed by atoms with Crippen LogP contribution >= 0.6 is 0 Å². The van der Waals surface area contributed by atoms with Gasteiger partial charge in [-0.2, -0.15) is 4.39 Å². The summed E-state index contributed by atoms with van der Waals surface area (Å²) < 4.78 is 71.1. The number of benzene rings is 1. The Bertz CT molecular complexity index is 1230. The number of fused-ring (bicyclic) bond motifs is 1. The molecule has 164 valence electrons. The Labute approximate surface area is 173 Å². The van der Waals surface area contributed by atoms with E-state index in [1.807, 2.05) is 0 Å². The fourth-order valence-corrected chi connectivity index (χ4v) is 3.57. The number of hydrogen-bond donors (Lipinski definition) is 1. The summed E-state index contributed by atoms with van der Waals surface area (Å²) in [5.41, 5.74) is -3.09. The van der Waals surface area contributed by atoms with E-state index in [0.717, 1.165) is 10.6 Å². The number of aromatic nitrogens is 3. The Hall–Kier alpha value is -3.04. The van der Waals surface area contributed by atoms with Crippen LogP contribution in [-0.4, -0.2) is 21.2 Å². The summed E-state index contributed by atoms with van der Waals surface area (Å²) in [6, 6.07) is 3.65. The highest BCUT2D eigenvalue weighted by atomic mass is 19.3. The van der Waals surface area contributed by atoms with Crippen LogP contribution in [0.15, 0.2) is 29.2 Å². The number of aryl methyl sites for hydroxylation is 1. The molecule has 0 saturated heterocycles. The molecule has 1 aromatic carbocycles. The van der Waals surface area contributed by atoms with Crippen molar-refractivity contribution in [3.05, 3.63) is 63.3 Å². The maximum absolute atomic E-state index is 14.8. The number of anilines is 1. The molecule has 0 unspecified atom stereocenters. The molecule has 1 fully saturated rings.